The van der Waals surface area contributed by atoms with E-state index in [1.807, 2.05) is 36.2 Å². The predicted octanol–water partition coefficient (Wildman–Crippen LogP) is 2.64. The summed E-state index contributed by atoms with van der Waals surface area (Å²) in [6, 6.07) is 8.20. The predicted molar refractivity (Wildman–Crippen MR) is 80.8 cm³/mol. The molecule has 0 radical (unpaired) electrons. The molecule has 1 heterocycles. The van der Waals surface area contributed by atoms with Crippen LogP contribution in [0.3, 0.4) is 0 Å². The highest BCUT2D eigenvalue weighted by atomic mass is 35.5. The maximum absolute atomic E-state index is 12.1. The summed E-state index contributed by atoms with van der Waals surface area (Å²) in [6.45, 7) is 1.71. The average molecular weight is 299 g/mol. The van der Waals surface area contributed by atoms with Crippen LogP contribution in [-0.2, 0) is 4.79 Å². The van der Waals surface area contributed by atoms with Crippen LogP contribution in [0, 0.1) is 0 Å². The Kier molecular flexibility index (Phi) is 5.55. The third-order valence-electron chi connectivity index (χ3n) is 3.44. The molecule has 0 aliphatic carbocycles. The lowest BCUT2D eigenvalue weighted by atomic mass is 10.1. The fourth-order valence-corrected chi connectivity index (χ4v) is 3.35. The molecule has 1 aromatic carbocycles. The number of hydrogen-bond donors (Lipinski definition) is 1. The molecule has 0 spiro atoms. The summed E-state index contributed by atoms with van der Waals surface area (Å²) < 4.78 is 0. The zero-order valence-corrected chi connectivity index (χ0v) is 12.6. The number of likely N-dealkylation sites (tertiary alicyclic amines) is 1. The van der Waals surface area contributed by atoms with Gasteiger partial charge in [0.1, 0.15) is 0 Å². The van der Waals surface area contributed by atoms with E-state index in [0.29, 0.717) is 16.8 Å². The van der Waals surface area contributed by atoms with Crippen LogP contribution in [0.4, 0.5) is 0 Å². The molecule has 0 unspecified atom stereocenters. The number of hydrogen-bond acceptors (Lipinski definition) is 3. The van der Waals surface area contributed by atoms with E-state index in [9.17, 15) is 4.79 Å². The van der Waals surface area contributed by atoms with Gasteiger partial charge in [0.15, 0.2) is 0 Å². The molecule has 1 aliphatic heterocycles. The molecule has 1 saturated heterocycles. The number of amides is 1. The lowest BCUT2D eigenvalue weighted by molar-refractivity contribution is -0.129. The van der Waals surface area contributed by atoms with Crippen LogP contribution in [0.5, 0.6) is 0 Å². The van der Waals surface area contributed by atoms with Crippen molar-refractivity contribution in [1.29, 1.82) is 0 Å². The van der Waals surface area contributed by atoms with Crippen LogP contribution in [0.2, 0.25) is 5.02 Å². The van der Waals surface area contributed by atoms with Crippen LogP contribution in [0.25, 0.3) is 0 Å². The van der Waals surface area contributed by atoms with Gasteiger partial charge in [0.05, 0.1) is 10.8 Å². The first kappa shape index (κ1) is 14.7. The first-order valence-corrected chi connectivity index (χ1v) is 7.89. The van der Waals surface area contributed by atoms with E-state index in [0.717, 1.165) is 30.8 Å². The lowest BCUT2D eigenvalue weighted by Crippen LogP contribution is -2.44. The average Bonchev–Trinajstić information content (AvgIpc) is 2.46. The van der Waals surface area contributed by atoms with Crippen molar-refractivity contribution in [2.24, 2.45) is 0 Å². The van der Waals surface area contributed by atoms with E-state index in [1.165, 1.54) is 11.8 Å². The Morgan fingerprint density at radius 1 is 1.42 bits per heavy atom. The molecule has 0 atom stereocenters. The Labute approximate surface area is 123 Å². The van der Waals surface area contributed by atoms with E-state index in [-0.39, 0.29) is 5.91 Å². The highest BCUT2D eigenvalue weighted by molar-refractivity contribution is 8.00. The molecule has 3 nitrogen and oxygen atoms in total. The molecular weight excluding hydrogens is 280 g/mol. The second-order valence-electron chi connectivity index (χ2n) is 4.66. The Bertz CT molecular complexity index is 433. The molecule has 0 bridgehead atoms. The van der Waals surface area contributed by atoms with Crippen molar-refractivity contribution in [2.45, 2.75) is 23.8 Å². The summed E-state index contributed by atoms with van der Waals surface area (Å²) in [4.78, 5) is 15.1. The van der Waals surface area contributed by atoms with Gasteiger partial charge in [0.25, 0.3) is 0 Å². The quantitative estimate of drug-likeness (QED) is 0.867. The van der Waals surface area contributed by atoms with Crippen molar-refractivity contribution >= 4 is 29.3 Å². The van der Waals surface area contributed by atoms with Gasteiger partial charge in [-0.05, 0) is 32.0 Å². The van der Waals surface area contributed by atoms with Crippen molar-refractivity contribution in [3.63, 3.8) is 0 Å². The second-order valence-corrected chi connectivity index (χ2v) is 6.09. The standard InChI is InChI=1S/C14H19ClN2OS/c1-16-11-6-8-17(9-7-11)14(18)10-19-13-5-3-2-4-12(13)15/h2-5,11,16H,6-10H2,1H3. The number of nitrogens with one attached hydrogen (secondary N) is 1. The minimum Gasteiger partial charge on any atom is -0.342 e. The zero-order chi connectivity index (χ0) is 13.7. The number of thioether (sulfide) groups is 1. The fourth-order valence-electron chi connectivity index (χ4n) is 2.21. The summed E-state index contributed by atoms with van der Waals surface area (Å²) in [7, 11) is 1.98. The summed E-state index contributed by atoms with van der Waals surface area (Å²) >= 11 is 7.59. The van der Waals surface area contributed by atoms with Crippen LogP contribution < -0.4 is 5.32 Å². The molecule has 0 aromatic heterocycles. The molecule has 1 aromatic rings. The number of benzene rings is 1. The Morgan fingerprint density at radius 3 is 2.74 bits per heavy atom. The van der Waals surface area contributed by atoms with Crippen molar-refractivity contribution in [3.05, 3.63) is 29.3 Å². The SMILES string of the molecule is CNC1CCN(C(=O)CSc2ccccc2Cl)CC1. The van der Waals surface area contributed by atoms with E-state index in [4.69, 9.17) is 11.6 Å². The molecule has 2 rings (SSSR count). The van der Waals surface area contributed by atoms with Crippen molar-refractivity contribution in [3.8, 4) is 0 Å². The van der Waals surface area contributed by atoms with E-state index < -0.39 is 0 Å². The van der Waals surface area contributed by atoms with Gasteiger partial charge in [-0.25, -0.2) is 0 Å². The van der Waals surface area contributed by atoms with Crippen molar-refractivity contribution in [2.75, 3.05) is 25.9 Å². The van der Waals surface area contributed by atoms with Gasteiger partial charge in [0, 0.05) is 24.0 Å². The van der Waals surface area contributed by atoms with Gasteiger partial charge < -0.3 is 10.2 Å². The van der Waals surface area contributed by atoms with Gasteiger partial charge in [-0.1, -0.05) is 23.7 Å². The normalized spacial score (nSPS) is 16.6. The van der Waals surface area contributed by atoms with Gasteiger partial charge in [-0.3, -0.25) is 4.79 Å². The molecule has 1 amide bonds. The topological polar surface area (TPSA) is 32.3 Å². The van der Waals surface area contributed by atoms with E-state index >= 15 is 0 Å². The van der Waals surface area contributed by atoms with Crippen LogP contribution >= 0.6 is 23.4 Å². The number of carbonyl (C=O) groups excluding carboxylic acids is 1. The molecular formula is C14H19ClN2OS. The Morgan fingerprint density at radius 2 is 2.11 bits per heavy atom. The van der Waals surface area contributed by atoms with E-state index in [2.05, 4.69) is 5.32 Å². The largest absolute Gasteiger partial charge is 0.342 e. The zero-order valence-electron chi connectivity index (χ0n) is 11.1. The van der Waals surface area contributed by atoms with E-state index in [1.54, 1.807) is 0 Å². The first-order chi connectivity index (χ1) is 9.20. The van der Waals surface area contributed by atoms with Crippen LogP contribution in [0.15, 0.2) is 29.2 Å². The number of nitrogens with zero attached hydrogens (tertiary/aromatic N) is 1. The molecule has 1 N–H and O–H groups in total. The van der Waals surface area contributed by atoms with Crippen LogP contribution in [0.1, 0.15) is 12.8 Å². The maximum Gasteiger partial charge on any atom is 0.232 e. The van der Waals surface area contributed by atoms with Gasteiger partial charge in [0.2, 0.25) is 5.91 Å². The molecule has 5 heteroatoms. The molecule has 104 valence electrons. The van der Waals surface area contributed by atoms with Crippen molar-refractivity contribution < 1.29 is 4.79 Å². The van der Waals surface area contributed by atoms with Gasteiger partial charge in [-0.15, -0.1) is 11.8 Å². The van der Waals surface area contributed by atoms with Gasteiger partial charge >= 0.3 is 0 Å². The van der Waals surface area contributed by atoms with Crippen molar-refractivity contribution in [1.82, 2.24) is 10.2 Å². The fraction of sp³-hybridized carbons (Fsp3) is 0.500. The van der Waals surface area contributed by atoms with Crippen LogP contribution in [-0.4, -0.2) is 42.7 Å². The number of carbonyl (C=O) groups is 1. The summed E-state index contributed by atoms with van der Waals surface area (Å²) in [5, 5.41) is 3.98. The lowest BCUT2D eigenvalue weighted by Gasteiger charge is -2.31. The summed E-state index contributed by atoms with van der Waals surface area (Å²) in [6.07, 6.45) is 2.08. The minimum absolute atomic E-state index is 0.208. The minimum atomic E-state index is 0.208. The Hall–Kier alpha value is -0.710. The molecule has 0 saturated carbocycles. The highest BCUT2D eigenvalue weighted by Crippen LogP contribution is 2.27. The number of piperidine rings is 1. The number of rotatable bonds is 4. The number of halogens is 1. The molecule has 1 aliphatic rings. The smallest absolute Gasteiger partial charge is 0.232 e. The Balaban J connectivity index is 1.81. The molecule has 19 heavy (non-hydrogen) atoms. The third kappa shape index (κ3) is 4.13. The van der Waals surface area contributed by atoms with Gasteiger partial charge in [-0.2, -0.15) is 0 Å². The third-order valence-corrected chi connectivity index (χ3v) is 4.94. The summed E-state index contributed by atoms with van der Waals surface area (Å²) in [5.41, 5.74) is 0. The summed E-state index contributed by atoms with van der Waals surface area (Å²) in [5.74, 6) is 0.674. The highest BCUT2D eigenvalue weighted by Gasteiger charge is 2.21. The second kappa shape index (κ2) is 7.17. The maximum atomic E-state index is 12.1. The monoisotopic (exact) mass is 298 g/mol. The first-order valence-electron chi connectivity index (χ1n) is 6.53. The molecule has 1 fully saturated rings.